The van der Waals surface area contributed by atoms with Gasteiger partial charge in [0.05, 0.1) is 9.82 Å². The third kappa shape index (κ3) is 3.50. The van der Waals surface area contributed by atoms with Crippen LogP contribution < -0.4 is 0 Å². The number of benzene rings is 1. The maximum absolute atomic E-state index is 10.8. The van der Waals surface area contributed by atoms with Crippen molar-refractivity contribution in [3.8, 4) is 0 Å². The lowest BCUT2D eigenvalue weighted by Gasteiger charge is -2.08. The van der Waals surface area contributed by atoms with Crippen molar-refractivity contribution in [1.29, 1.82) is 0 Å². The minimum absolute atomic E-state index is 0.176. The van der Waals surface area contributed by atoms with E-state index in [1.54, 1.807) is 23.9 Å². The lowest BCUT2D eigenvalue weighted by Crippen LogP contribution is -1.96. The monoisotopic (exact) mass is 289 g/mol. The summed E-state index contributed by atoms with van der Waals surface area (Å²) < 4.78 is 0.739. The third-order valence-electron chi connectivity index (χ3n) is 2.02. The first kappa shape index (κ1) is 12.5. The Morgan fingerprint density at radius 3 is 2.80 bits per heavy atom. The Labute approximate surface area is 102 Å². The number of nitro groups is 1. The van der Waals surface area contributed by atoms with Crippen LogP contribution >= 0.6 is 27.7 Å². The van der Waals surface area contributed by atoms with Crippen molar-refractivity contribution in [2.24, 2.45) is 0 Å². The molecule has 0 saturated heterocycles. The standard InChI is InChI=1S/C10H12BrNO2S/c1-3-7(2)15-10-5-4-8(11)6-9(10)12(13)14/h4-7H,3H2,1-2H3. The Balaban J connectivity index is 3.01. The molecule has 3 nitrogen and oxygen atoms in total. The zero-order valence-corrected chi connectivity index (χ0v) is 11.0. The molecule has 1 rings (SSSR count). The van der Waals surface area contributed by atoms with Gasteiger partial charge in [0.25, 0.3) is 5.69 Å². The Morgan fingerprint density at radius 2 is 2.27 bits per heavy atom. The molecule has 5 heteroatoms. The zero-order chi connectivity index (χ0) is 11.4. The lowest BCUT2D eigenvalue weighted by atomic mass is 10.3. The highest BCUT2D eigenvalue weighted by Crippen LogP contribution is 2.34. The Kier molecular flexibility index (Phi) is 4.60. The van der Waals surface area contributed by atoms with Gasteiger partial charge in [-0.2, -0.15) is 0 Å². The van der Waals surface area contributed by atoms with Crippen LogP contribution in [-0.4, -0.2) is 10.2 Å². The summed E-state index contributed by atoms with van der Waals surface area (Å²) in [5.74, 6) is 0. The van der Waals surface area contributed by atoms with E-state index in [2.05, 4.69) is 29.8 Å². The van der Waals surface area contributed by atoms with E-state index in [0.717, 1.165) is 15.8 Å². The molecule has 0 N–H and O–H groups in total. The summed E-state index contributed by atoms with van der Waals surface area (Å²) in [5.41, 5.74) is 0.176. The molecule has 1 atom stereocenters. The number of halogens is 1. The van der Waals surface area contributed by atoms with E-state index in [1.807, 2.05) is 6.07 Å². The quantitative estimate of drug-likeness (QED) is 0.473. The largest absolute Gasteiger partial charge is 0.284 e. The lowest BCUT2D eigenvalue weighted by molar-refractivity contribution is -0.387. The van der Waals surface area contributed by atoms with Gasteiger partial charge in [0.1, 0.15) is 0 Å². The van der Waals surface area contributed by atoms with Gasteiger partial charge in [0, 0.05) is 15.8 Å². The van der Waals surface area contributed by atoms with Gasteiger partial charge >= 0.3 is 0 Å². The number of hydrogen-bond donors (Lipinski definition) is 0. The van der Waals surface area contributed by atoms with Crippen LogP contribution in [0.1, 0.15) is 20.3 Å². The van der Waals surface area contributed by atoms with Crippen LogP contribution in [0.4, 0.5) is 5.69 Å². The molecule has 0 saturated carbocycles. The van der Waals surface area contributed by atoms with Gasteiger partial charge in [-0.25, -0.2) is 0 Å². The van der Waals surface area contributed by atoms with Crippen LogP contribution in [0.3, 0.4) is 0 Å². The van der Waals surface area contributed by atoms with Crippen LogP contribution in [-0.2, 0) is 0 Å². The molecule has 82 valence electrons. The summed E-state index contributed by atoms with van der Waals surface area (Å²) in [7, 11) is 0. The SMILES string of the molecule is CCC(C)Sc1ccc(Br)cc1[N+](=O)[O-]. The van der Waals surface area contributed by atoms with Crippen LogP contribution in [0.15, 0.2) is 27.6 Å². The van der Waals surface area contributed by atoms with Crippen LogP contribution in [0.5, 0.6) is 0 Å². The molecule has 0 radical (unpaired) electrons. The summed E-state index contributed by atoms with van der Waals surface area (Å²) in [6, 6.07) is 5.17. The summed E-state index contributed by atoms with van der Waals surface area (Å²) in [6.45, 7) is 4.14. The van der Waals surface area contributed by atoms with Crippen molar-refractivity contribution >= 4 is 33.4 Å². The van der Waals surface area contributed by atoms with Gasteiger partial charge < -0.3 is 0 Å². The molecule has 0 aliphatic heterocycles. The topological polar surface area (TPSA) is 43.1 Å². The molecule has 0 spiro atoms. The van der Waals surface area contributed by atoms with Crippen LogP contribution in [0, 0.1) is 10.1 Å². The summed E-state index contributed by atoms with van der Waals surface area (Å²) >= 11 is 4.78. The fourth-order valence-corrected chi connectivity index (χ4v) is 2.38. The highest BCUT2D eigenvalue weighted by molar-refractivity contribution is 9.10. The summed E-state index contributed by atoms with van der Waals surface area (Å²) in [4.78, 5) is 11.2. The first-order valence-corrected chi connectivity index (χ1v) is 6.32. The van der Waals surface area contributed by atoms with E-state index in [0.29, 0.717) is 5.25 Å². The van der Waals surface area contributed by atoms with E-state index < -0.39 is 0 Å². The molecule has 0 bridgehead atoms. The normalized spacial score (nSPS) is 12.5. The maximum Gasteiger partial charge on any atom is 0.284 e. The second-order valence-corrected chi connectivity index (χ2v) is 5.60. The van der Waals surface area contributed by atoms with E-state index in [-0.39, 0.29) is 10.6 Å². The second-order valence-electron chi connectivity index (χ2n) is 3.21. The fraction of sp³-hybridized carbons (Fsp3) is 0.400. The average Bonchev–Trinajstić information content (AvgIpc) is 2.20. The van der Waals surface area contributed by atoms with Gasteiger partial charge in [0.2, 0.25) is 0 Å². The molecule has 0 fully saturated rings. The molecular weight excluding hydrogens is 278 g/mol. The van der Waals surface area contributed by atoms with Gasteiger partial charge in [-0.15, -0.1) is 11.8 Å². The first-order chi connectivity index (χ1) is 7.04. The van der Waals surface area contributed by atoms with Crippen molar-refractivity contribution in [3.05, 3.63) is 32.8 Å². The average molecular weight is 290 g/mol. The second kappa shape index (κ2) is 5.51. The highest BCUT2D eigenvalue weighted by atomic mass is 79.9. The number of nitro benzene ring substituents is 1. The first-order valence-electron chi connectivity index (χ1n) is 4.65. The summed E-state index contributed by atoms with van der Waals surface area (Å²) in [6.07, 6.45) is 0.998. The fourth-order valence-electron chi connectivity index (χ4n) is 1.03. The summed E-state index contributed by atoms with van der Waals surface area (Å²) in [5, 5.41) is 11.2. The Bertz CT molecular complexity index is 370. The molecule has 1 unspecified atom stereocenters. The van der Waals surface area contributed by atoms with Gasteiger partial charge in [-0.3, -0.25) is 10.1 Å². The molecule has 0 heterocycles. The van der Waals surface area contributed by atoms with Crippen molar-refractivity contribution in [2.75, 3.05) is 0 Å². The van der Waals surface area contributed by atoms with E-state index in [9.17, 15) is 10.1 Å². The van der Waals surface area contributed by atoms with Gasteiger partial charge in [0.15, 0.2) is 0 Å². The van der Waals surface area contributed by atoms with Gasteiger partial charge in [-0.1, -0.05) is 29.8 Å². The van der Waals surface area contributed by atoms with Crippen molar-refractivity contribution < 1.29 is 4.92 Å². The molecule has 15 heavy (non-hydrogen) atoms. The molecule has 0 aromatic heterocycles. The molecule has 1 aromatic carbocycles. The minimum Gasteiger partial charge on any atom is -0.258 e. The van der Waals surface area contributed by atoms with Crippen molar-refractivity contribution in [2.45, 2.75) is 30.4 Å². The highest BCUT2D eigenvalue weighted by Gasteiger charge is 2.16. The van der Waals surface area contributed by atoms with E-state index >= 15 is 0 Å². The molecule has 0 aliphatic rings. The third-order valence-corrected chi connectivity index (χ3v) is 3.85. The molecule has 1 aromatic rings. The van der Waals surface area contributed by atoms with E-state index in [1.165, 1.54) is 0 Å². The Hall–Kier alpha value is -0.550. The Morgan fingerprint density at radius 1 is 1.60 bits per heavy atom. The molecule has 0 aliphatic carbocycles. The number of rotatable bonds is 4. The zero-order valence-electron chi connectivity index (χ0n) is 8.57. The number of nitrogens with zero attached hydrogens (tertiary/aromatic N) is 1. The van der Waals surface area contributed by atoms with Crippen molar-refractivity contribution in [3.63, 3.8) is 0 Å². The predicted octanol–water partition coefficient (Wildman–Crippen LogP) is 4.25. The van der Waals surface area contributed by atoms with Crippen molar-refractivity contribution in [1.82, 2.24) is 0 Å². The smallest absolute Gasteiger partial charge is 0.258 e. The predicted molar refractivity (Wildman–Crippen MR) is 66.4 cm³/mol. The van der Waals surface area contributed by atoms with Crippen LogP contribution in [0.25, 0.3) is 0 Å². The minimum atomic E-state index is -0.338. The number of thioether (sulfide) groups is 1. The molecular formula is C10H12BrNO2S. The van der Waals surface area contributed by atoms with Crippen LogP contribution in [0.2, 0.25) is 0 Å². The number of hydrogen-bond acceptors (Lipinski definition) is 3. The van der Waals surface area contributed by atoms with E-state index in [4.69, 9.17) is 0 Å². The van der Waals surface area contributed by atoms with Gasteiger partial charge in [-0.05, 0) is 18.6 Å². The molecule has 0 amide bonds. The maximum atomic E-state index is 10.8.